The van der Waals surface area contributed by atoms with E-state index in [1.54, 1.807) is 0 Å². The van der Waals surface area contributed by atoms with Gasteiger partial charge in [0.25, 0.3) is 0 Å². The van der Waals surface area contributed by atoms with Crippen LogP contribution in [0.25, 0.3) is 0 Å². The quantitative estimate of drug-likeness (QED) is 0.838. The van der Waals surface area contributed by atoms with E-state index in [0.29, 0.717) is 13.0 Å². The van der Waals surface area contributed by atoms with Gasteiger partial charge in [0, 0.05) is 6.42 Å². The molecular formula is C15H22N2O. The molecule has 0 unspecified atom stereocenters. The van der Waals surface area contributed by atoms with Gasteiger partial charge in [0.05, 0.1) is 6.04 Å². The average Bonchev–Trinajstić information content (AvgIpc) is 2.35. The van der Waals surface area contributed by atoms with Crippen LogP contribution in [0.1, 0.15) is 44.2 Å². The largest absolute Gasteiger partial charge is 0.350 e. The molecule has 18 heavy (non-hydrogen) atoms. The van der Waals surface area contributed by atoms with Crippen LogP contribution in [0.4, 0.5) is 0 Å². The fraction of sp³-hybridized carbons (Fsp3) is 0.533. The van der Waals surface area contributed by atoms with Crippen LogP contribution in [0.5, 0.6) is 0 Å². The highest BCUT2D eigenvalue weighted by Gasteiger charge is 2.37. The van der Waals surface area contributed by atoms with Gasteiger partial charge in [-0.25, -0.2) is 0 Å². The van der Waals surface area contributed by atoms with Crippen LogP contribution >= 0.6 is 0 Å². The van der Waals surface area contributed by atoms with E-state index in [1.807, 2.05) is 37.3 Å². The molecule has 0 heterocycles. The SMILES string of the molecule is C[C@@H](NC(=O)CC1(CN)CCC1)c1ccccc1. The number of carbonyl (C=O) groups excluding carboxylic acids is 1. The Morgan fingerprint density at radius 2 is 2.06 bits per heavy atom. The van der Waals surface area contributed by atoms with Crippen LogP contribution in [-0.2, 0) is 4.79 Å². The Bertz CT molecular complexity index is 393. The Balaban J connectivity index is 1.88. The average molecular weight is 246 g/mol. The molecule has 1 aliphatic rings. The minimum absolute atomic E-state index is 0.0635. The second-order valence-corrected chi connectivity index (χ2v) is 5.43. The van der Waals surface area contributed by atoms with E-state index in [1.165, 1.54) is 6.42 Å². The van der Waals surface area contributed by atoms with E-state index in [2.05, 4.69) is 5.32 Å². The first-order chi connectivity index (χ1) is 8.65. The van der Waals surface area contributed by atoms with Crippen molar-refractivity contribution in [3.8, 4) is 0 Å². The highest BCUT2D eigenvalue weighted by atomic mass is 16.1. The van der Waals surface area contributed by atoms with Crippen molar-refractivity contribution >= 4 is 5.91 Å². The van der Waals surface area contributed by atoms with Gasteiger partial charge >= 0.3 is 0 Å². The zero-order chi connectivity index (χ0) is 13.0. The van der Waals surface area contributed by atoms with Gasteiger partial charge in [0.15, 0.2) is 0 Å². The first kappa shape index (κ1) is 13.1. The van der Waals surface area contributed by atoms with Gasteiger partial charge in [-0.05, 0) is 37.3 Å². The molecule has 0 bridgehead atoms. The number of benzene rings is 1. The van der Waals surface area contributed by atoms with Gasteiger partial charge in [0.1, 0.15) is 0 Å². The molecule has 1 aromatic carbocycles. The molecule has 3 nitrogen and oxygen atoms in total. The molecule has 0 radical (unpaired) electrons. The maximum Gasteiger partial charge on any atom is 0.221 e. The molecule has 1 aliphatic carbocycles. The number of nitrogens with two attached hydrogens (primary N) is 1. The third kappa shape index (κ3) is 2.91. The summed E-state index contributed by atoms with van der Waals surface area (Å²) < 4.78 is 0. The second kappa shape index (κ2) is 5.53. The third-order valence-electron chi connectivity index (χ3n) is 4.06. The van der Waals surface area contributed by atoms with Crippen molar-refractivity contribution in [1.29, 1.82) is 0 Å². The van der Waals surface area contributed by atoms with Gasteiger partial charge in [-0.15, -0.1) is 0 Å². The molecule has 0 aliphatic heterocycles. The smallest absolute Gasteiger partial charge is 0.221 e. The van der Waals surface area contributed by atoms with E-state index >= 15 is 0 Å². The van der Waals surface area contributed by atoms with Crippen molar-refractivity contribution in [2.45, 2.75) is 38.6 Å². The van der Waals surface area contributed by atoms with Crippen LogP contribution in [0.3, 0.4) is 0 Å². The van der Waals surface area contributed by atoms with Crippen molar-refractivity contribution in [2.75, 3.05) is 6.54 Å². The third-order valence-corrected chi connectivity index (χ3v) is 4.06. The molecule has 0 aromatic heterocycles. The summed E-state index contributed by atoms with van der Waals surface area (Å²) in [7, 11) is 0. The summed E-state index contributed by atoms with van der Waals surface area (Å²) in [6.45, 7) is 2.64. The Kier molecular flexibility index (Phi) is 4.02. The van der Waals surface area contributed by atoms with Crippen LogP contribution in [-0.4, -0.2) is 12.5 Å². The zero-order valence-corrected chi connectivity index (χ0v) is 11.0. The lowest BCUT2D eigenvalue weighted by Gasteiger charge is -2.40. The molecule has 1 amide bonds. The van der Waals surface area contributed by atoms with E-state index in [4.69, 9.17) is 5.73 Å². The van der Waals surface area contributed by atoms with Gasteiger partial charge in [0.2, 0.25) is 5.91 Å². The van der Waals surface area contributed by atoms with E-state index < -0.39 is 0 Å². The molecule has 3 N–H and O–H groups in total. The number of rotatable bonds is 5. The van der Waals surface area contributed by atoms with Crippen molar-refractivity contribution in [2.24, 2.45) is 11.1 Å². The molecule has 1 atom stereocenters. The fourth-order valence-electron chi connectivity index (χ4n) is 2.59. The van der Waals surface area contributed by atoms with Crippen LogP contribution < -0.4 is 11.1 Å². The predicted octanol–water partition coefficient (Wildman–Crippen LogP) is 2.38. The van der Waals surface area contributed by atoms with Crippen LogP contribution in [0.2, 0.25) is 0 Å². The minimum Gasteiger partial charge on any atom is -0.350 e. The lowest BCUT2D eigenvalue weighted by Crippen LogP contribution is -2.42. The van der Waals surface area contributed by atoms with Gasteiger partial charge in [-0.2, -0.15) is 0 Å². The summed E-state index contributed by atoms with van der Waals surface area (Å²) >= 11 is 0. The molecule has 0 saturated heterocycles. The topological polar surface area (TPSA) is 55.1 Å². The summed E-state index contributed by atoms with van der Waals surface area (Å²) in [4.78, 5) is 12.0. The maximum atomic E-state index is 12.0. The normalized spacial score (nSPS) is 18.8. The Morgan fingerprint density at radius 1 is 1.39 bits per heavy atom. The van der Waals surface area contributed by atoms with E-state index in [0.717, 1.165) is 18.4 Å². The second-order valence-electron chi connectivity index (χ2n) is 5.43. The number of hydrogen-bond donors (Lipinski definition) is 2. The summed E-state index contributed by atoms with van der Waals surface area (Å²) in [6, 6.07) is 10.1. The molecule has 1 saturated carbocycles. The maximum absolute atomic E-state index is 12.0. The number of nitrogens with one attached hydrogen (secondary N) is 1. The van der Waals surface area contributed by atoms with E-state index in [9.17, 15) is 4.79 Å². The first-order valence-electron chi connectivity index (χ1n) is 6.70. The van der Waals surface area contributed by atoms with Crippen molar-refractivity contribution in [1.82, 2.24) is 5.32 Å². The van der Waals surface area contributed by atoms with Gasteiger partial charge in [-0.3, -0.25) is 4.79 Å². The van der Waals surface area contributed by atoms with Crippen molar-refractivity contribution < 1.29 is 4.79 Å². The zero-order valence-electron chi connectivity index (χ0n) is 11.0. The minimum atomic E-state index is 0.0635. The highest BCUT2D eigenvalue weighted by Crippen LogP contribution is 2.42. The predicted molar refractivity (Wildman–Crippen MR) is 73.0 cm³/mol. The van der Waals surface area contributed by atoms with Gasteiger partial charge < -0.3 is 11.1 Å². The first-order valence-corrected chi connectivity index (χ1v) is 6.70. The van der Waals surface area contributed by atoms with E-state index in [-0.39, 0.29) is 17.4 Å². The van der Waals surface area contributed by atoms with Gasteiger partial charge in [-0.1, -0.05) is 36.8 Å². The summed E-state index contributed by atoms with van der Waals surface area (Å²) in [6.07, 6.45) is 3.96. The standard InChI is InChI=1S/C15H22N2O/c1-12(13-6-3-2-4-7-13)17-14(18)10-15(11-16)8-5-9-15/h2-4,6-7,12H,5,8-11,16H2,1H3,(H,17,18)/t12-/m1/s1. The molecule has 1 fully saturated rings. The number of carbonyl (C=O) groups is 1. The summed E-state index contributed by atoms with van der Waals surface area (Å²) in [5.74, 6) is 0.122. The lowest BCUT2D eigenvalue weighted by molar-refractivity contribution is -0.125. The van der Waals surface area contributed by atoms with Crippen molar-refractivity contribution in [3.05, 3.63) is 35.9 Å². The number of amides is 1. The molecule has 0 spiro atoms. The Hall–Kier alpha value is -1.35. The van der Waals surface area contributed by atoms with Crippen molar-refractivity contribution in [3.63, 3.8) is 0 Å². The van der Waals surface area contributed by atoms with Crippen LogP contribution in [0.15, 0.2) is 30.3 Å². The Labute approximate surface area is 109 Å². The number of hydrogen-bond acceptors (Lipinski definition) is 2. The molecule has 1 aromatic rings. The monoisotopic (exact) mass is 246 g/mol. The molecule has 2 rings (SSSR count). The lowest BCUT2D eigenvalue weighted by atomic mass is 9.66. The fourth-order valence-corrected chi connectivity index (χ4v) is 2.59. The summed E-state index contributed by atoms with van der Waals surface area (Å²) in [5, 5.41) is 3.06. The molecule has 98 valence electrons. The summed E-state index contributed by atoms with van der Waals surface area (Å²) in [5.41, 5.74) is 7.00. The van der Waals surface area contributed by atoms with Crippen LogP contribution in [0, 0.1) is 5.41 Å². The highest BCUT2D eigenvalue weighted by molar-refractivity contribution is 5.77. The Morgan fingerprint density at radius 3 is 2.56 bits per heavy atom. The molecule has 3 heteroatoms. The molecular weight excluding hydrogens is 224 g/mol.